The third-order valence-corrected chi connectivity index (χ3v) is 6.55. The molecule has 0 saturated heterocycles. The van der Waals surface area contributed by atoms with E-state index in [0.29, 0.717) is 11.3 Å². The van der Waals surface area contributed by atoms with Crippen LogP contribution >= 0.6 is 0 Å². The number of sulfone groups is 1. The Morgan fingerprint density at radius 3 is 1.90 bits per heavy atom. The third-order valence-electron chi connectivity index (χ3n) is 4.77. The molecule has 1 aromatic heterocycles. The molecule has 0 aliphatic heterocycles. The van der Waals surface area contributed by atoms with Crippen LogP contribution < -0.4 is 5.49 Å². The lowest BCUT2D eigenvalue weighted by atomic mass is 10.0. The molecular weight excluding hydrogens is 394 g/mol. The number of nitrogens with zero attached hydrogens (tertiary/aromatic N) is 2. The Labute approximate surface area is 174 Å². The average molecular weight is 411 g/mol. The molecular formula is C24H17N3O2S. The van der Waals surface area contributed by atoms with Crippen molar-refractivity contribution in [2.75, 3.05) is 0 Å². The van der Waals surface area contributed by atoms with Gasteiger partial charge in [0, 0.05) is 17.4 Å². The molecule has 0 bridgehead atoms. The molecule has 0 saturated carbocycles. The first-order valence-electron chi connectivity index (χ1n) is 9.19. The van der Waals surface area contributed by atoms with Gasteiger partial charge in [-0.25, -0.2) is 8.42 Å². The fourth-order valence-electron chi connectivity index (χ4n) is 3.33. The van der Waals surface area contributed by atoms with Crippen LogP contribution in [0.5, 0.6) is 0 Å². The largest absolute Gasteiger partial charge is 0.300 e. The van der Waals surface area contributed by atoms with Crippen molar-refractivity contribution in [1.29, 1.82) is 10.7 Å². The van der Waals surface area contributed by atoms with Crippen LogP contribution in [0.4, 0.5) is 0 Å². The van der Waals surface area contributed by atoms with Crippen LogP contribution in [0.1, 0.15) is 5.56 Å². The Morgan fingerprint density at radius 2 is 1.33 bits per heavy atom. The molecule has 0 atom stereocenters. The molecule has 3 aromatic carbocycles. The number of aromatic nitrogens is 1. The molecule has 146 valence electrons. The van der Waals surface area contributed by atoms with Gasteiger partial charge in [-0.1, -0.05) is 66.7 Å². The van der Waals surface area contributed by atoms with Gasteiger partial charge in [0.1, 0.15) is 17.1 Å². The number of nitrogens with one attached hydrogen (secondary N) is 1. The van der Waals surface area contributed by atoms with Crippen LogP contribution in [-0.2, 0) is 9.84 Å². The number of nitriles is 1. The quantitative estimate of drug-likeness (QED) is 0.542. The van der Waals surface area contributed by atoms with E-state index in [9.17, 15) is 13.7 Å². The van der Waals surface area contributed by atoms with Crippen molar-refractivity contribution < 1.29 is 8.42 Å². The predicted octanol–water partition coefficient (Wildman–Crippen LogP) is 4.33. The molecule has 0 fully saturated rings. The molecule has 0 amide bonds. The molecule has 0 aliphatic carbocycles. The molecule has 4 rings (SSSR count). The summed E-state index contributed by atoms with van der Waals surface area (Å²) in [6.07, 6.45) is 1.43. The van der Waals surface area contributed by atoms with Crippen LogP contribution in [0.3, 0.4) is 0 Å². The molecule has 30 heavy (non-hydrogen) atoms. The standard InChI is InChI=1S/C24H17N3O2S/c25-16-21-23(18-10-4-1-5-11-18)22(30(28,29)20-14-8-3-9-15-20)17-27(24(21)26)19-12-6-2-7-13-19/h1-15,17,26H. The minimum Gasteiger partial charge on any atom is -0.300 e. The summed E-state index contributed by atoms with van der Waals surface area (Å²) >= 11 is 0. The minimum absolute atomic E-state index is 0.00191. The Morgan fingerprint density at radius 1 is 0.800 bits per heavy atom. The highest BCUT2D eigenvalue weighted by molar-refractivity contribution is 7.91. The Hall–Kier alpha value is -3.95. The Balaban J connectivity index is 2.15. The topological polar surface area (TPSA) is 86.7 Å². The molecule has 0 unspecified atom stereocenters. The van der Waals surface area contributed by atoms with E-state index in [2.05, 4.69) is 6.07 Å². The van der Waals surface area contributed by atoms with Gasteiger partial charge in [0.25, 0.3) is 0 Å². The van der Waals surface area contributed by atoms with Crippen molar-refractivity contribution in [1.82, 2.24) is 4.57 Å². The number of pyridine rings is 1. The van der Waals surface area contributed by atoms with Crippen molar-refractivity contribution in [2.45, 2.75) is 9.79 Å². The second kappa shape index (κ2) is 7.82. The van der Waals surface area contributed by atoms with Gasteiger partial charge in [0.05, 0.1) is 9.79 Å². The lowest BCUT2D eigenvalue weighted by Gasteiger charge is -2.17. The van der Waals surface area contributed by atoms with Crippen LogP contribution in [-0.4, -0.2) is 13.0 Å². The fourth-order valence-corrected chi connectivity index (χ4v) is 4.83. The van der Waals surface area contributed by atoms with Gasteiger partial charge >= 0.3 is 0 Å². The lowest BCUT2D eigenvalue weighted by Crippen LogP contribution is -2.24. The van der Waals surface area contributed by atoms with Gasteiger partial charge in [-0.3, -0.25) is 9.98 Å². The van der Waals surface area contributed by atoms with Crippen LogP contribution in [0.15, 0.2) is 107 Å². The zero-order valence-corrected chi connectivity index (χ0v) is 16.7. The molecule has 4 aromatic rings. The SMILES string of the molecule is N#Cc1c(-c2ccccc2)c(S(=O)(=O)c2ccccc2)cn(-c2ccccc2)c1=N. The van der Waals surface area contributed by atoms with Crippen LogP contribution in [0.2, 0.25) is 0 Å². The summed E-state index contributed by atoms with van der Waals surface area (Å²) in [5, 5.41) is 18.5. The van der Waals surface area contributed by atoms with Gasteiger partial charge < -0.3 is 0 Å². The molecule has 1 heterocycles. The number of hydrogen-bond acceptors (Lipinski definition) is 4. The van der Waals surface area contributed by atoms with Crippen molar-refractivity contribution in [3.05, 3.63) is 108 Å². The second-order valence-electron chi connectivity index (χ2n) is 6.59. The zero-order valence-electron chi connectivity index (χ0n) is 15.9. The first-order valence-corrected chi connectivity index (χ1v) is 10.7. The summed E-state index contributed by atoms with van der Waals surface area (Å²) in [6.45, 7) is 0. The third kappa shape index (κ3) is 3.32. The van der Waals surface area contributed by atoms with Gasteiger partial charge in [-0.15, -0.1) is 0 Å². The van der Waals surface area contributed by atoms with Crippen molar-refractivity contribution in [2.24, 2.45) is 0 Å². The van der Waals surface area contributed by atoms with Crippen LogP contribution in [0.25, 0.3) is 16.8 Å². The highest BCUT2D eigenvalue weighted by Crippen LogP contribution is 2.33. The Kier molecular flexibility index (Phi) is 5.05. The molecule has 0 aliphatic rings. The second-order valence-corrected chi connectivity index (χ2v) is 8.51. The smallest absolute Gasteiger partial charge is 0.208 e. The predicted molar refractivity (Wildman–Crippen MR) is 114 cm³/mol. The van der Waals surface area contributed by atoms with E-state index in [1.165, 1.54) is 22.9 Å². The summed E-state index contributed by atoms with van der Waals surface area (Å²) in [6, 6.07) is 28.0. The van der Waals surface area contributed by atoms with Gasteiger partial charge in [-0.05, 0) is 29.8 Å². The maximum atomic E-state index is 13.6. The number of rotatable bonds is 4. The van der Waals surface area contributed by atoms with Crippen molar-refractivity contribution >= 4 is 9.84 Å². The highest BCUT2D eigenvalue weighted by Gasteiger charge is 2.27. The van der Waals surface area contributed by atoms with E-state index >= 15 is 0 Å². The molecule has 0 radical (unpaired) electrons. The molecule has 6 heteroatoms. The van der Waals surface area contributed by atoms with E-state index in [4.69, 9.17) is 5.41 Å². The fraction of sp³-hybridized carbons (Fsp3) is 0. The first kappa shape index (κ1) is 19.4. The summed E-state index contributed by atoms with van der Waals surface area (Å²) in [4.78, 5) is 0.111. The maximum Gasteiger partial charge on any atom is 0.208 e. The monoisotopic (exact) mass is 411 g/mol. The van der Waals surface area contributed by atoms with Gasteiger partial charge in [0.15, 0.2) is 0 Å². The summed E-state index contributed by atoms with van der Waals surface area (Å²) in [5.74, 6) is 0. The van der Waals surface area contributed by atoms with E-state index in [1.54, 1.807) is 66.7 Å². The van der Waals surface area contributed by atoms with Crippen molar-refractivity contribution in [3.63, 3.8) is 0 Å². The van der Waals surface area contributed by atoms with Crippen molar-refractivity contribution in [3.8, 4) is 22.9 Å². The van der Waals surface area contributed by atoms with E-state index in [-0.39, 0.29) is 26.4 Å². The number of benzene rings is 3. The lowest BCUT2D eigenvalue weighted by molar-refractivity contribution is 0.595. The van der Waals surface area contributed by atoms with Gasteiger partial charge in [-0.2, -0.15) is 5.26 Å². The average Bonchev–Trinajstić information content (AvgIpc) is 2.80. The molecule has 0 spiro atoms. The normalized spacial score (nSPS) is 11.0. The number of hydrogen-bond donors (Lipinski definition) is 1. The zero-order chi connectivity index (χ0) is 21.1. The van der Waals surface area contributed by atoms with E-state index < -0.39 is 9.84 Å². The summed E-state index contributed by atoms with van der Waals surface area (Å²) in [5.41, 5.74) is 1.33. The molecule has 1 N–H and O–H groups in total. The minimum atomic E-state index is -3.95. The Bertz CT molecular complexity index is 1400. The summed E-state index contributed by atoms with van der Waals surface area (Å²) in [7, 11) is -3.95. The maximum absolute atomic E-state index is 13.6. The number of para-hydroxylation sites is 1. The van der Waals surface area contributed by atoms with Gasteiger partial charge in [0.2, 0.25) is 9.84 Å². The highest BCUT2D eigenvalue weighted by atomic mass is 32.2. The first-order chi connectivity index (χ1) is 14.5. The molecule has 5 nitrogen and oxygen atoms in total. The van der Waals surface area contributed by atoms with E-state index in [0.717, 1.165) is 0 Å². The van der Waals surface area contributed by atoms with E-state index in [1.807, 2.05) is 12.1 Å². The summed E-state index contributed by atoms with van der Waals surface area (Å²) < 4.78 is 28.6. The van der Waals surface area contributed by atoms with Crippen LogP contribution in [0, 0.1) is 16.7 Å².